The standard InChI is InChI=1S/C20H18N2O3/c1-14-4-2-5-15(12-14)13-21-19(23)16-7-9-17(10-8-16)22-20(24)18-6-3-11-25-18/h2-12H,13H2,1H3,(H,21,23)(H,22,24). The van der Waals surface area contributed by atoms with Gasteiger partial charge in [0, 0.05) is 17.8 Å². The van der Waals surface area contributed by atoms with Crippen LogP contribution in [0.1, 0.15) is 32.0 Å². The molecule has 0 aliphatic rings. The zero-order valence-electron chi connectivity index (χ0n) is 13.8. The largest absolute Gasteiger partial charge is 0.459 e. The highest BCUT2D eigenvalue weighted by Gasteiger charge is 2.10. The van der Waals surface area contributed by atoms with Gasteiger partial charge in [-0.3, -0.25) is 9.59 Å². The maximum absolute atomic E-state index is 12.2. The van der Waals surface area contributed by atoms with Crippen molar-refractivity contribution in [3.05, 3.63) is 89.4 Å². The molecule has 2 amide bonds. The molecule has 0 saturated heterocycles. The minimum atomic E-state index is -0.332. The average molecular weight is 334 g/mol. The van der Waals surface area contributed by atoms with Gasteiger partial charge < -0.3 is 15.1 Å². The number of hydrogen-bond donors (Lipinski definition) is 2. The number of aryl methyl sites for hydroxylation is 1. The van der Waals surface area contributed by atoms with Crippen molar-refractivity contribution in [2.45, 2.75) is 13.5 Å². The normalized spacial score (nSPS) is 10.3. The van der Waals surface area contributed by atoms with Crippen LogP contribution in [0.25, 0.3) is 0 Å². The van der Waals surface area contributed by atoms with Crippen molar-refractivity contribution in [3.63, 3.8) is 0 Å². The molecule has 2 aromatic carbocycles. The molecule has 3 rings (SSSR count). The first-order chi connectivity index (χ1) is 12.1. The number of nitrogens with one attached hydrogen (secondary N) is 2. The fourth-order valence-corrected chi connectivity index (χ4v) is 2.41. The van der Waals surface area contributed by atoms with Crippen LogP contribution in [0.4, 0.5) is 5.69 Å². The first kappa shape index (κ1) is 16.5. The minimum Gasteiger partial charge on any atom is -0.459 e. The van der Waals surface area contributed by atoms with Gasteiger partial charge in [-0.25, -0.2) is 0 Å². The van der Waals surface area contributed by atoms with Gasteiger partial charge in [-0.15, -0.1) is 0 Å². The van der Waals surface area contributed by atoms with Gasteiger partial charge >= 0.3 is 0 Å². The Hall–Kier alpha value is -3.34. The third-order valence-corrected chi connectivity index (χ3v) is 3.69. The number of furan rings is 1. The lowest BCUT2D eigenvalue weighted by Gasteiger charge is -2.07. The Balaban J connectivity index is 1.58. The van der Waals surface area contributed by atoms with Crippen LogP contribution in [-0.4, -0.2) is 11.8 Å². The molecule has 0 atom stereocenters. The molecule has 3 aromatic rings. The van der Waals surface area contributed by atoms with Gasteiger partial charge in [0.2, 0.25) is 0 Å². The molecule has 0 unspecified atom stereocenters. The topological polar surface area (TPSA) is 71.3 Å². The van der Waals surface area contributed by atoms with E-state index in [0.29, 0.717) is 17.8 Å². The number of benzene rings is 2. The summed E-state index contributed by atoms with van der Waals surface area (Å²) >= 11 is 0. The Morgan fingerprint density at radius 3 is 2.44 bits per heavy atom. The number of carbonyl (C=O) groups is 2. The van der Waals surface area contributed by atoms with E-state index in [1.54, 1.807) is 36.4 Å². The van der Waals surface area contributed by atoms with Crippen LogP contribution in [0.3, 0.4) is 0 Å². The summed E-state index contributed by atoms with van der Waals surface area (Å²) in [5, 5.41) is 5.59. The smallest absolute Gasteiger partial charge is 0.291 e. The maximum Gasteiger partial charge on any atom is 0.291 e. The lowest BCUT2D eigenvalue weighted by atomic mass is 10.1. The molecule has 0 radical (unpaired) electrons. The first-order valence-electron chi connectivity index (χ1n) is 7.90. The highest BCUT2D eigenvalue weighted by Crippen LogP contribution is 2.12. The highest BCUT2D eigenvalue weighted by molar-refractivity contribution is 6.02. The fourth-order valence-electron chi connectivity index (χ4n) is 2.41. The van der Waals surface area contributed by atoms with Crippen molar-refractivity contribution in [2.24, 2.45) is 0 Å². The predicted octanol–water partition coefficient (Wildman–Crippen LogP) is 3.77. The first-order valence-corrected chi connectivity index (χ1v) is 7.90. The lowest BCUT2D eigenvalue weighted by molar-refractivity contribution is 0.0950. The van der Waals surface area contributed by atoms with Crippen molar-refractivity contribution in [2.75, 3.05) is 5.32 Å². The SMILES string of the molecule is Cc1cccc(CNC(=O)c2ccc(NC(=O)c3ccco3)cc2)c1. The molecule has 0 fully saturated rings. The Bertz CT molecular complexity index is 868. The van der Waals surface area contributed by atoms with E-state index < -0.39 is 0 Å². The van der Waals surface area contributed by atoms with E-state index in [1.165, 1.54) is 6.26 Å². The van der Waals surface area contributed by atoms with Gasteiger partial charge in [-0.2, -0.15) is 0 Å². The van der Waals surface area contributed by atoms with Gasteiger partial charge in [0.05, 0.1) is 6.26 Å². The second-order valence-electron chi connectivity index (χ2n) is 5.68. The molecular weight excluding hydrogens is 316 g/mol. The van der Waals surface area contributed by atoms with Gasteiger partial charge in [-0.05, 0) is 48.9 Å². The van der Waals surface area contributed by atoms with Crippen LogP contribution in [0.15, 0.2) is 71.3 Å². The van der Waals surface area contributed by atoms with Crippen LogP contribution in [0.2, 0.25) is 0 Å². The van der Waals surface area contributed by atoms with Gasteiger partial charge in [0.1, 0.15) is 0 Å². The second kappa shape index (κ2) is 7.49. The summed E-state index contributed by atoms with van der Waals surface area (Å²) in [7, 11) is 0. The predicted molar refractivity (Wildman–Crippen MR) is 95.5 cm³/mol. The van der Waals surface area contributed by atoms with E-state index in [0.717, 1.165) is 11.1 Å². The number of carbonyl (C=O) groups excluding carboxylic acids is 2. The van der Waals surface area contributed by atoms with Crippen LogP contribution >= 0.6 is 0 Å². The molecule has 0 aliphatic heterocycles. The number of anilines is 1. The summed E-state index contributed by atoms with van der Waals surface area (Å²) in [5.41, 5.74) is 3.33. The van der Waals surface area contributed by atoms with Crippen molar-refractivity contribution >= 4 is 17.5 Å². The van der Waals surface area contributed by atoms with E-state index in [4.69, 9.17) is 4.42 Å². The van der Waals surface area contributed by atoms with Crippen LogP contribution < -0.4 is 10.6 Å². The molecule has 0 spiro atoms. The molecule has 5 nitrogen and oxygen atoms in total. The molecular formula is C20H18N2O3. The van der Waals surface area contributed by atoms with Crippen molar-refractivity contribution in [1.82, 2.24) is 5.32 Å². The number of rotatable bonds is 5. The Kier molecular flexibility index (Phi) is 4.95. The van der Waals surface area contributed by atoms with Crippen molar-refractivity contribution in [1.29, 1.82) is 0 Å². The Morgan fingerprint density at radius 1 is 0.960 bits per heavy atom. The summed E-state index contributed by atoms with van der Waals surface area (Å²) in [4.78, 5) is 24.1. The molecule has 0 bridgehead atoms. The van der Waals surface area contributed by atoms with E-state index in [1.807, 2.05) is 31.2 Å². The van der Waals surface area contributed by atoms with Gasteiger partial charge in [0.25, 0.3) is 11.8 Å². The van der Waals surface area contributed by atoms with E-state index in [9.17, 15) is 9.59 Å². The number of hydrogen-bond acceptors (Lipinski definition) is 3. The molecule has 1 aromatic heterocycles. The quantitative estimate of drug-likeness (QED) is 0.746. The average Bonchev–Trinajstić information content (AvgIpc) is 3.15. The van der Waals surface area contributed by atoms with Crippen LogP contribution in [-0.2, 0) is 6.54 Å². The maximum atomic E-state index is 12.2. The van der Waals surface area contributed by atoms with Crippen LogP contribution in [0, 0.1) is 6.92 Å². The second-order valence-corrected chi connectivity index (χ2v) is 5.68. The van der Waals surface area contributed by atoms with E-state index >= 15 is 0 Å². The molecule has 126 valence electrons. The molecule has 0 saturated carbocycles. The molecule has 1 heterocycles. The third-order valence-electron chi connectivity index (χ3n) is 3.69. The third kappa shape index (κ3) is 4.35. The summed E-state index contributed by atoms with van der Waals surface area (Å²) in [5.74, 6) is -0.257. The zero-order chi connectivity index (χ0) is 17.6. The summed E-state index contributed by atoms with van der Waals surface area (Å²) in [6, 6.07) is 17.9. The van der Waals surface area contributed by atoms with Crippen molar-refractivity contribution in [3.8, 4) is 0 Å². The summed E-state index contributed by atoms with van der Waals surface area (Å²) in [6.07, 6.45) is 1.44. The fraction of sp³-hybridized carbons (Fsp3) is 0.100. The van der Waals surface area contributed by atoms with Gasteiger partial charge in [-0.1, -0.05) is 29.8 Å². The zero-order valence-corrected chi connectivity index (χ0v) is 13.8. The molecule has 2 N–H and O–H groups in total. The summed E-state index contributed by atoms with van der Waals surface area (Å²) in [6.45, 7) is 2.48. The Morgan fingerprint density at radius 2 is 1.76 bits per heavy atom. The van der Waals surface area contributed by atoms with E-state index in [-0.39, 0.29) is 17.6 Å². The van der Waals surface area contributed by atoms with E-state index in [2.05, 4.69) is 10.6 Å². The molecule has 25 heavy (non-hydrogen) atoms. The number of amides is 2. The molecule has 5 heteroatoms. The lowest BCUT2D eigenvalue weighted by Crippen LogP contribution is -2.22. The summed E-state index contributed by atoms with van der Waals surface area (Å²) < 4.78 is 5.04. The molecule has 0 aliphatic carbocycles. The monoisotopic (exact) mass is 334 g/mol. The van der Waals surface area contributed by atoms with Crippen molar-refractivity contribution < 1.29 is 14.0 Å². The highest BCUT2D eigenvalue weighted by atomic mass is 16.3. The van der Waals surface area contributed by atoms with Gasteiger partial charge in [0.15, 0.2) is 5.76 Å². The van der Waals surface area contributed by atoms with Crippen LogP contribution in [0.5, 0.6) is 0 Å². The Labute approximate surface area is 145 Å². The minimum absolute atomic E-state index is 0.162.